The summed E-state index contributed by atoms with van der Waals surface area (Å²) in [5.74, 6) is -0.558. The van der Waals surface area contributed by atoms with Crippen LogP contribution in [0.2, 0.25) is 0 Å². The molecule has 0 atom stereocenters. The number of para-hydroxylation sites is 1. The van der Waals surface area contributed by atoms with E-state index < -0.39 is 21.7 Å². The third-order valence-electron chi connectivity index (χ3n) is 7.85. The molecule has 3 heterocycles. The van der Waals surface area contributed by atoms with Crippen molar-refractivity contribution in [3.05, 3.63) is 103 Å². The number of benzene rings is 4. The van der Waals surface area contributed by atoms with Crippen LogP contribution in [0, 0.1) is 5.82 Å². The molecule has 0 aliphatic carbocycles. The van der Waals surface area contributed by atoms with Crippen molar-refractivity contribution in [2.45, 2.75) is 0 Å². The lowest BCUT2D eigenvalue weighted by Crippen LogP contribution is -2.25. The number of halogens is 1. The van der Waals surface area contributed by atoms with Gasteiger partial charge in [0.05, 0.1) is 34.1 Å². The molecule has 0 spiro atoms. The minimum absolute atomic E-state index is 0.253. The van der Waals surface area contributed by atoms with E-state index in [2.05, 4.69) is 16.4 Å². The van der Waals surface area contributed by atoms with E-state index >= 15 is 0 Å². The molecule has 43 heavy (non-hydrogen) atoms. The van der Waals surface area contributed by atoms with Crippen molar-refractivity contribution in [3.63, 3.8) is 0 Å². The minimum Gasteiger partial charge on any atom is -0.455 e. The number of furan rings is 1. The smallest absolute Gasteiger partial charge is 0.255 e. The molecule has 10 heteroatoms. The van der Waals surface area contributed by atoms with Gasteiger partial charge < -0.3 is 9.73 Å². The maximum Gasteiger partial charge on any atom is 0.255 e. The Labute approximate surface area is 246 Å². The van der Waals surface area contributed by atoms with Gasteiger partial charge in [-0.1, -0.05) is 24.3 Å². The molecule has 0 unspecified atom stereocenters. The first kappa shape index (κ1) is 26.7. The summed E-state index contributed by atoms with van der Waals surface area (Å²) in [5.41, 5.74) is 5.54. The summed E-state index contributed by atoms with van der Waals surface area (Å²) < 4.78 is 48.7. The van der Waals surface area contributed by atoms with Crippen molar-refractivity contribution in [3.8, 4) is 22.5 Å². The summed E-state index contributed by atoms with van der Waals surface area (Å²) in [6, 6.07) is 25.0. The SMILES string of the molecule is CNC(=O)c1c(-c2ccc(F)cc2)oc2cc(N(C)S(C)(=O)=O)c(-c3ccc4ncn5c6ccccc6cc5c4c3)cc12. The number of rotatable bonds is 5. The third-order valence-corrected chi connectivity index (χ3v) is 9.04. The zero-order chi connectivity index (χ0) is 30.0. The highest BCUT2D eigenvalue weighted by molar-refractivity contribution is 7.92. The number of hydrogen-bond acceptors (Lipinski definition) is 5. The van der Waals surface area contributed by atoms with Crippen LogP contribution in [0.1, 0.15) is 10.4 Å². The Morgan fingerprint density at radius 1 is 0.930 bits per heavy atom. The maximum atomic E-state index is 13.7. The fourth-order valence-electron chi connectivity index (χ4n) is 5.61. The van der Waals surface area contributed by atoms with Crippen molar-refractivity contribution in [2.24, 2.45) is 0 Å². The van der Waals surface area contributed by atoms with E-state index in [1.54, 1.807) is 18.5 Å². The van der Waals surface area contributed by atoms with Gasteiger partial charge in [-0.15, -0.1) is 0 Å². The molecular weight excluding hydrogens is 567 g/mol. The average molecular weight is 593 g/mol. The van der Waals surface area contributed by atoms with E-state index in [1.165, 1.54) is 42.7 Å². The van der Waals surface area contributed by atoms with Crippen LogP contribution in [0.15, 0.2) is 95.7 Å². The predicted molar refractivity (Wildman–Crippen MR) is 167 cm³/mol. The zero-order valence-electron chi connectivity index (χ0n) is 23.4. The fraction of sp³-hybridized carbons (Fsp3) is 0.0909. The molecule has 7 aromatic rings. The van der Waals surface area contributed by atoms with Crippen LogP contribution in [-0.2, 0) is 10.0 Å². The molecular formula is C33H25FN4O4S. The summed E-state index contributed by atoms with van der Waals surface area (Å²) in [5, 5.41) is 5.12. The van der Waals surface area contributed by atoms with Gasteiger partial charge in [0.25, 0.3) is 5.91 Å². The Hall–Kier alpha value is -5.22. The van der Waals surface area contributed by atoms with E-state index in [0.717, 1.165) is 39.1 Å². The standard InChI is InChI=1S/C33H25FN4O4S/c1-35-33(39)31-25-16-23(20-10-13-26-24(14-20)29-15-21-6-4-5-7-27(21)38(29)18-36-26)28(37(2)43(3,40)41)17-30(25)42-32(31)19-8-11-22(34)12-9-19/h4-18H,1-3H3,(H,35,39). The highest BCUT2D eigenvalue weighted by atomic mass is 32.2. The molecule has 0 aliphatic heterocycles. The van der Waals surface area contributed by atoms with Crippen LogP contribution in [0.4, 0.5) is 10.1 Å². The lowest BCUT2D eigenvalue weighted by molar-refractivity contribution is 0.0964. The fourth-order valence-corrected chi connectivity index (χ4v) is 6.11. The molecule has 0 aliphatic rings. The number of aromatic nitrogens is 2. The number of carbonyl (C=O) groups is 1. The minimum atomic E-state index is -3.68. The normalized spacial score (nSPS) is 12.0. The first-order valence-corrected chi connectivity index (χ1v) is 15.3. The molecule has 0 fully saturated rings. The van der Waals surface area contributed by atoms with Crippen LogP contribution in [0.25, 0.3) is 60.7 Å². The van der Waals surface area contributed by atoms with Crippen molar-refractivity contribution in [2.75, 3.05) is 24.7 Å². The number of carbonyl (C=O) groups excluding carboxylic acids is 1. The van der Waals surface area contributed by atoms with Crippen molar-refractivity contribution in [1.82, 2.24) is 14.7 Å². The van der Waals surface area contributed by atoms with Gasteiger partial charge in [-0.2, -0.15) is 0 Å². The van der Waals surface area contributed by atoms with E-state index in [-0.39, 0.29) is 11.3 Å². The highest BCUT2D eigenvalue weighted by Gasteiger charge is 2.26. The molecule has 0 saturated carbocycles. The number of nitrogens with one attached hydrogen (secondary N) is 1. The van der Waals surface area contributed by atoms with Gasteiger partial charge in [0, 0.05) is 47.4 Å². The van der Waals surface area contributed by atoms with Gasteiger partial charge in [-0.3, -0.25) is 13.5 Å². The Morgan fingerprint density at radius 2 is 1.67 bits per heavy atom. The summed E-state index contributed by atoms with van der Waals surface area (Å²) >= 11 is 0. The predicted octanol–water partition coefficient (Wildman–Crippen LogP) is 6.62. The average Bonchev–Trinajstić information content (AvgIpc) is 3.58. The molecule has 8 nitrogen and oxygen atoms in total. The summed E-state index contributed by atoms with van der Waals surface area (Å²) in [4.78, 5) is 17.9. The lowest BCUT2D eigenvalue weighted by Gasteiger charge is -2.21. The topological polar surface area (TPSA) is 96.9 Å². The zero-order valence-corrected chi connectivity index (χ0v) is 24.2. The van der Waals surface area contributed by atoms with Crippen LogP contribution in [0.5, 0.6) is 0 Å². The summed E-state index contributed by atoms with van der Waals surface area (Å²) in [6.45, 7) is 0. The van der Waals surface area contributed by atoms with Crippen LogP contribution >= 0.6 is 0 Å². The second-order valence-corrected chi connectivity index (χ2v) is 12.4. The lowest BCUT2D eigenvalue weighted by atomic mass is 9.97. The molecule has 0 radical (unpaired) electrons. The first-order chi connectivity index (χ1) is 20.6. The molecule has 7 rings (SSSR count). The third kappa shape index (κ3) is 4.29. The largest absolute Gasteiger partial charge is 0.455 e. The number of anilines is 1. The van der Waals surface area contributed by atoms with Gasteiger partial charge in [0.15, 0.2) is 0 Å². The van der Waals surface area contributed by atoms with Crippen LogP contribution < -0.4 is 9.62 Å². The molecule has 1 amide bonds. The van der Waals surface area contributed by atoms with Crippen molar-refractivity contribution in [1.29, 1.82) is 0 Å². The van der Waals surface area contributed by atoms with Crippen molar-refractivity contribution < 1.29 is 22.0 Å². The van der Waals surface area contributed by atoms with Gasteiger partial charge in [0.1, 0.15) is 23.5 Å². The van der Waals surface area contributed by atoms with E-state index in [9.17, 15) is 17.6 Å². The quantitative estimate of drug-likeness (QED) is 0.243. The van der Waals surface area contributed by atoms with Gasteiger partial charge in [-0.25, -0.2) is 17.8 Å². The number of hydrogen-bond donors (Lipinski definition) is 1. The molecule has 1 N–H and O–H groups in total. The van der Waals surface area contributed by atoms with Crippen LogP contribution in [0.3, 0.4) is 0 Å². The summed E-state index contributed by atoms with van der Waals surface area (Å²) in [7, 11) is -0.681. The van der Waals surface area contributed by atoms with E-state index in [0.29, 0.717) is 27.8 Å². The Kier molecular flexibility index (Phi) is 6.00. The molecule has 3 aromatic heterocycles. The monoisotopic (exact) mass is 592 g/mol. The van der Waals surface area contributed by atoms with E-state index in [1.807, 2.05) is 46.9 Å². The van der Waals surface area contributed by atoms with Crippen LogP contribution in [-0.4, -0.2) is 44.1 Å². The first-order valence-electron chi connectivity index (χ1n) is 13.5. The number of amides is 1. The second-order valence-electron chi connectivity index (χ2n) is 10.4. The number of nitrogens with zero attached hydrogens (tertiary/aromatic N) is 3. The number of fused-ring (bicyclic) bond motifs is 6. The molecule has 0 bridgehead atoms. The molecule has 0 saturated heterocycles. The summed E-state index contributed by atoms with van der Waals surface area (Å²) in [6.07, 6.45) is 2.93. The van der Waals surface area contributed by atoms with Gasteiger partial charge >= 0.3 is 0 Å². The Morgan fingerprint density at radius 3 is 2.42 bits per heavy atom. The van der Waals surface area contributed by atoms with Gasteiger partial charge in [-0.05, 0) is 60.2 Å². The maximum absolute atomic E-state index is 13.7. The Balaban J connectivity index is 1.54. The highest BCUT2D eigenvalue weighted by Crippen LogP contribution is 2.42. The molecule has 214 valence electrons. The van der Waals surface area contributed by atoms with E-state index in [4.69, 9.17) is 4.42 Å². The second kappa shape index (κ2) is 9.67. The van der Waals surface area contributed by atoms with Gasteiger partial charge in [0.2, 0.25) is 10.0 Å². The Bertz CT molecular complexity index is 2360. The molecule has 4 aromatic carbocycles. The van der Waals surface area contributed by atoms with Crippen molar-refractivity contribution >= 4 is 59.9 Å². The number of sulfonamides is 1.